The maximum absolute atomic E-state index is 8.56. The zero-order valence-electron chi connectivity index (χ0n) is 4.51. The molecular weight excluding hydrogens is 109 g/mol. The Balaban J connectivity index is -0.0000000150. The minimum absolute atomic E-state index is 0. The molecule has 4 nitrogen and oxygen atoms in total. The summed E-state index contributed by atoms with van der Waals surface area (Å²) < 4.78 is 0. The van der Waals surface area contributed by atoms with E-state index in [0.29, 0.717) is 0 Å². The van der Waals surface area contributed by atoms with Gasteiger partial charge in [0.25, 0.3) is 0 Å². The number of carbonyl (C=O) groups is 1. The quantitative estimate of drug-likeness (QED) is 0.249. The molecule has 5 N–H and O–H groups in total. The van der Waals surface area contributed by atoms with Crippen LogP contribution in [0.2, 0.25) is 0 Å². The fourth-order valence-electron chi connectivity index (χ4n) is 0. The van der Waals surface area contributed by atoms with Gasteiger partial charge in [-0.3, -0.25) is 0 Å². The second-order valence-electron chi connectivity index (χ2n) is 0.283. The van der Waals surface area contributed by atoms with E-state index in [9.17, 15) is 0 Å². The van der Waals surface area contributed by atoms with Gasteiger partial charge in [0.05, 0.1) is 0 Å². The summed E-state index contributed by atoms with van der Waals surface area (Å²) in [7, 11) is 0. The number of hydrogen-bond donors (Lipinski definition) is 3. The van der Waals surface area contributed by atoms with E-state index in [1.54, 1.807) is 0 Å². The molecule has 0 aromatic rings. The molecule has 0 saturated heterocycles. The van der Waals surface area contributed by atoms with Crippen LogP contribution in [-0.2, 0) is 0 Å². The van der Waals surface area contributed by atoms with E-state index < -0.39 is 6.16 Å². The van der Waals surface area contributed by atoms with Crippen molar-refractivity contribution in [1.82, 2.24) is 6.15 Å². The molecule has 0 aliphatic carbocycles. The third kappa shape index (κ3) is 2110. The summed E-state index contributed by atoms with van der Waals surface area (Å²) in [6.07, 6.45) is -1.83. The second-order valence-corrected chi connectivity index (χ2v) is 0.283. The van der Waals surface area contributed by atoms with Crippen molar-refractivity contribution in [3.63, 3.8) is 0 Å². The molecule has 0 rings (SSSR count). The minimum Gasteiger partial charge on any atom is -0.450 e. The molecule has 0 bridgehead atoms. The average Bonchev–Trinajstić information content (AvgIpc) is 0.811. The van der Waals surface area contributed by atoms with E-state index in [1.165, 1.54) is 0 Å². The van der Waals surface area contributed by atoms with Crippen LogP contribution in [0.15, 0.2) is 0 Å². The van der Waals surface area contributed by atoms with E-state index >= 15 is 0 Å². The Labute approximate surface area is 64.4 Å². The second kappa shape index (κ2) is 16.3. The van der Waals surface area contributed by atoms with E-state index in [1.807, 2.05) is 0 Å². The van der Waals surface area contributed by atoms with Crippen molar-refractivity contribution < 1.29 is 44.6 Å². The van der Waals surface area contributed by atoms with Crippen LogP contribution in [0.4, 0.5) is 4.79 Å². The molecule has 0 unspecified atom stereocenters. The summed E-state index contributed by atoms with van der Waals surface area (Å²) in [5.74, 6) is 0. The van der Waals surface area contributed by atoms with E-state index in [0.717, 1.165) is 0 Å². The number of hydrogen-bond acceptors (Lipinski definition) is 2. The van der Waals surface area contributed by atoms with Crippen LogP contribution in [0.3, 0.4) is 0 Å². The molecule has 0 amide bonds. The Morgan fingerprint density at radius 1 is 1.29 bits per heavy atom. The van der Waals surface area contributed by atoms with Gasteiger partial charge in [0.15, 0.2) is 0 Å². The van der Waals surface area contributed by atoms with Gasteiger partial charge < -0.3 is 23.8 Å². The van der Waals surface area contributed by atoms with Gasteiger partial charge in [0.1, 0.15) is 0 Å². The molecule has 7 heavy (non-hydrogen) atoms. The standard InChI is InChI=1S/CH2O3.CH3.H3N.Na/c2-1(3)4;;;/h(H2,2,3,4);2*1H3;/q;-1;;+1. The maximum atomic E-state index is 8.56. The Morgan fingerprint density at radius 3 is 1.29 bits per heavy atom. The summed E-state index contributed by atoms with van der Waals surface area (Å²) >= 11 is 0. The van der Waals surface area contributed by atoms with Crippen LogP contribution in [0.1, 0.15) is 0 Å². The zero-order valence-corrected chi connectivity index (χ0v) is 6.51. The molecule has 0 radical (unpaired) electrons. The topological polar surface area (TPSA) is 92.5 Å². The predicted octanol–water partition coefficient (Wildman–Crippen LogP) is -2.16. The maximum Gasteiger partial charge on any atom is 1.00 e. The molecule has 0 fully saturated rings. The zero-order chi connectivity index (χ0) is 3.58. The summed E-state index contributed by atoms with van der Waals surface area (Å²) in [5.41, 5.74) is 0. The fourth-order valence-corrected chi connectivity index (χ4v) is 0. The molecule has 0 aromatic heterocycles. The van der Waals surface area contributed by atoms with E-state index in [-0.39, 0.29) is 43.1 Å². The van der Waals surface area contributed by atoms with E-state index in [4.69, 9.17) is 15.0 Å². The summed E-state index contributed by atoms with van der Waals surface area (Å²) in [4.78, 5) is 8.56. The number of carboxylic acid groups (broad SMARTS) is 2. The largest absolute Gasteiger partial charge is 1.00 e. The van der Waals surface area contributed by atoms with Gasteiger partial charge in [-0.15, -0.1) is 0 Å². The van der Waals surface area contributed by atoms with Gasteiger partial charge in [0.2, 0.25) is 0 Å². The molecule has 0 spiro atoms. The molecule has 5 heteroatoms. The predicted molar refractivity (Wildman–Crippen MR) is 22.1 cm³/mol. The third-order valence-corrected chi connectivity index (χ3v) is 0. The summed E-state index contributed by atoms with van der Waals surface area (Å²) in [6, 6.07) is 0. The smallest absolute Gasteiger partial charge is 0.450 e. The number of rotatable bonds is 0. The molecule has 0 heterocycles. The first-order valence-corrected chi connectivity index (χ1v) is 0.651. The van der Waals surface area contributed by atoms with Crippen molar-refractivity contribution in [1.29, 1.82) is 0 Å². The van der Waals surface area contributed by atoms with E-state index in [2.05, 4.69) is 0 Å². The van der Waals surface area contributed by atoms with Crippen LogP contribution in [0, 0.1) is 7.43 Å². The molecule has 40 valence electrons. The van der Waals surface area contributed by atoms with Crippen LogP contribution in [-0.4, -0.2) is 16.4 Å². The van der Waals surface area contributed by atoms with Gasteiger partial charge in [-0.25, -0.2) is 4.79 Å². The van der Waals surface area contributed by atoms with Gasteiger partial charge >= 0.3 is 35.7 Å². The van der Waals surface area contributed by atoms with Gasteiger partial charge in [-0.05, 0) is 0 Å². The van der Waals surface area contributed by atoms with Gasteiger partial charge in [0, 0.05) is 0 Å². The molecular formula is C2H8NNaO3. The van der Waals surface area contributed by atoms with Crippen molar-refractivity contribution in [3.8, 4) is 0 Å². The first-order chi connectivity index (χ1) is 1.73. The van der Waals surface area contributed by atoms with Gasteiger partial charge in [-0.2, -0.15) is 0 Å². The Bertz CT molecular complexity index is 35.9. The molecule has 0 atom stereocenters. The normalized spacial score (nSPS) is 3.43. The van der Waals surface area contributed by atoms with Crippen LogP contribution >= 0.6 is 0 Å². The summed E-state index contributed by atoms with van der Waals surface area (Å²) in [5, 5.41) is 13.9. The summed E-state index contributed by atoms with van der Waals surface area (Å²) in [6.45, 7) is 0. The van der Waals surface area contributed by atoms with Crippen molar-refractivity contribution in [2.24, 2.45) is 0 Å². The van der Waals surface area contributed by atoms with Crippen molar-refractivity contribution in [2.45, 2.75) is 0 Å². The van der Waals surface area contributed by atoms with Crippen molar-refractivity contribution in [3.05, 3.63) is 7.43 Å². The Hall–Kier alpha value is 0.230. The average molecular weight is 117 g/mol. The Kier molecular flexibility index (Phi) is 62.8. The van der Waals surface area contributed by atoms with Gasteiger partial charge in [-0.1, -0.05) is 0 Å². The minimum atomic E-state index is -1.83. The first kappa shape index (κ1) is 26.9. The van der Waals surface area contributed by atoms with Crippen LogP contribution in [0.5, 0.6) is 0 Å². The van der Waals surface area contributed by atoms with Crippen molar-refractivity contribution >= 4 is 6.16 Å². The fraction of sp³-hybridized carbons (Fsp3) is 0. The van der Waals surface area contributed by atoms with Crippen LogP contribution < -0.4 is 35.7 Å². The van der Waals surface area contributed by atoms with Crippen LogP contribution in [0.25, 0.3) is 0 Å². The molecule has 0 aliphatic heterocycles. The Morgan fingerprint density at radius 2 is 1.29 bits per heavy atom. The van der Waals surface area contributed by atoms with Crippen molar-refractivity contribution in [2.75, 3.05) is 0 Å². The third-order valence-electron chi connectivity index (χ3n) is 0. The molecule has 0 aromatic carbocycles. The monoisotopic (exact) mass is 117 g/mol. The molecule has 0 saturated carbocycles. The first-order valence-electron chi connectivity index (χ1n) is 0.651. The SMILES string of the molecule is N.O=C(O)O.[CH3-].[Na+]. The molecule has 0 aliphatic rings.